The van der Waals surface area contributed by atoms with Crippen molar-refractivity contribution < 1.29 is 13.2 Å². The predicted molar refractivity (Wildman–Crippen MR) is 102 cm³/mol. The van der Waals surface area contributed by atoms with Crippen LogP contribution in [0.2, 0.25) is 0 Å². The van der Waals surface area contributed by atoms with E-state index in [9.17, 15) is 13.2 Å². The van der Waals surface area contributed by atoms with Gasteiger partial charge in [-0.05, 0) is 38.1 Å². The molecule has 1 saturated heterocycles. The molecule has 1 aromatic rings. The first kappa shape index (κ1) is 21.9. The average molecular weight is 390 g/mol. The van der Waals surface area contributed by atoms with Gasteiger partial charge in [0.25, 0.3) is 5.91 Å². The summed E-state index contributed by atoms with van der Waals surface area (Å²) in [4.78, 5) is 14.2. The summed E-state index contributed by atoms with van der Waals surface area (Å²) in [6.07, 6.45) is 3.93. The van der Waals surface area contributed by atoms with Crippen molar-refractivity contribution in [2.24, 2.45) is 0 Å². The highest BCUT2D eigenvalue weighted by Gasteiger charge is 2.26. The van der Waals surface area contributed by atoms with Crippen LogP contribution in [-0.4, -0.2) is 63.8 Å². The predicted octanol–water partition coefficient (Wildman–Crippen LogP) is 1.96. The number of nitrogens with zero attached hydrogens (tertiary/aromatic N) is 2. The molecule has 0 spiro atoms. The van der Waals surface area contributed by atoms with Gasteiger partial charge in [-0.15, -0.1) is 12.4 Å². The second-order valence-electron chi connectivity index (χ2n) is 6.18. The number of nitrogens with one attached hydrogen (secondary N) is 1. The van der Waals surface area contributed by atoms with Crippen molar-refractivity contribution in [3.8, 4) is 0 Å². The second-order valence-corrected chi connectivity index (χ2v) is 8.11. The summed E-state index contributed by atoms with van der Waals surface area (Å²) in [6, 6.07) is 6.38. The third kappa shape index (κ3) is 5.67. The molecule has 0 saturated carbocycles. The minimum atomic E-state index is -3.53. The van der Waals surface area contributed by atoms with Crippen LogP contribution >= 0.6 is 12.4 Å². The Balaban J connectivity index is 0.00000312. The minimum absolute atomic E-state index is 0. The van der Waals surface area contributed by atoms with Crippen LogP contribution in [0.3, 0.4) is 0 Å². The summed E-state index contributed by atoms with van der Waals surface area (Å²) < 4.78 is 27.2. The molecule has 0 radical (unpaired) electrons. The van der Waals surface area contributed by atoms with Crippen LogP contribution in [0, 0.1) is 0 Å². The SMILES string of the molecule is CNCCN(C)C(=O)c1cccc(S(=O)(=O)N2CCCCCC2)c1.Cl. The normalized spacial score (nSPS) is 15.9. The lowest BCUT2D eigenvalue weighted by Gasteiger charge is -2.21. The van der Waals surface area contributed by atoms with Crippen LogP contribution in [0.15, 0.2) is 29.2 Å². The van der Waals surface area contributed by atoms with Gasteiger partial charge in [0.1, 0.15) is 0 Å². The van der Waals surface area contributed by atoms with Crippen LogP contribution < -0.4 is 5.32 Å². The van der Waals surface area contributed by atoms with E-state index in [0.717, 1.165) is 25.7 Å². The molecule has 1 aliphatic heterocycles. The topological polar surface area (TPSA) is 69.7 Å². The summed E-state index contributed by atoms with van der Waals surface area (Å²) in [5, 5.41) is 2.99. The summed E-state index contributed by atoms with van der Waals surface area (Å²) >= 11 is 0. The Hall–Kier alpha value is -1.15. The first-order valence-corrected chi connectivity index (χ1v) is 9.91. The van der Waals surface area contributed by atoms with Crippen LogP contribution in [-0.2, 0) is 10.0 Å². The van der Waals surface area contributed by atoms with Gasteiger partial charge in [0.15, 0.2) is 0 Å². The molecule has 1 aromatic carbocycles. The maximum atomic E-state index is 12.8. The zero-order chi connectivity index (χ0) is 17.6. The molecule has 1 fully saturated rings. The molecule has 1 N–H and O–H groups in total. The molecule has 0 atom stereocenters. The molecule has 0 aliphatic carbocycles. The van der Waals surface area contributed by atoms with E-state index in [0.29, 0.717) is 31.7 Å². The molecule has 1 amide bonds. The van der Waals surface area contributed by atoms with E-state index in [1.807, 2.05) is 7.05 Å². The van der Waals surface area contributed by atoms with E-state index in [-0.39, 0.29) is 23.2 Å². The fourth-order valence-electron chi connectivity index (χ4n) is 2.82. The van der Waals surface area contributed by atoms with Gasteiger partial charge in [-0.25, -0.2) is 8.42 Å². The lowest BCUT2D eigenvalue weighted by molar-refractivity contribution is 0.0796. The Morgan fingerprint density at radius 1 is 1.20 bits per heavy atom. The standard InChI is InChI=1S/C17H27N3O3S.ClH/c1-18-10-13-19(2)17(21)15-8-7-9-16(14-15)24(22,23)20-11-5-3-4-6-12-20;/h7-9,14,18H,3-6,10-13H2,1-2H3;1H. The Kier molecular flexibility index (Phi) is 8.85. The molecule has 1 aliphatic rings. The zero-order valence-corrected chi connectivity index (χ0v) is 16.5. The lowest BCUT2D eigenvalue weighted by Crippen LogP contribution is -2.34. The van der Waals surface area contributed by atoms with Gasteiger partial charge in [0.05, 0.1) is 4.90 Å². The fraction of sp³-hybridized carbons (Fsp3) is 0.588. The van der Waals surface area contributed by atoms with E-state index in [2.05, 4.69) is 5.32 Å². The molecular formula is C17H28ClN3O3S. The van der Waals surface area contributed by atoms with E-state index in [1.165, 1.54) is 6.07 Å². The molecule has 8 heteroatoms. The van der Waals surface area contributed by atoms with E-state index in [1.54, 1.807) is 34.5 Å². The van der Waals surface area contributed by atoms with E-state index < -0.39 is 10.0 Å². The quantitative estimate of drug-likeness (QED) is 0.807. The number of carbonyl (C=O) groups is 1. The Labute approximate surface area is 157 Å². The first-order chi connectivity index (χ1) is 11.5. The third-order valence-corrected chi connectivity index (χ3v) is 6.22. The molecule has 0 aromatic heterocycles. The number of hydrogen-bond donors (Lipinski definition) is 1. The van der Waals surface area contributed by atoms with Gasteiger partial charge in [-0.3, -0.25) is 4.79 Å². The number of amides is 1. The van der Waals surface area contributed by atoms with Crippen LogP contribution in [0.1, 0.15) is 36.0 Å². The van der Waals surface area contributed by atoms with Crippen molar-refractivity contribution >= 4 is 28.3 Å². The Morgan fingerprint density at radius 2 is 1.84 bits per heavy atom. The van der Waals surface area contributed by atoms with Crippen molar-refractivity contribution in [1.29, 1.82) is 0 Å². The summed E-state index contributed by atoms with van der Waals surface area (Å²) in [5.74, 6) is -0.168. The highest BCUT2D eigenvalue weighted by molar-refractivity contribution is 7.89. The molecule has 1 heterocycles. The maximum Gasteiger partial charge on any atom is 0.253 e. The number of likely N-dealkylation sites (N-methyl/N-ethyl adjacent to an activating group) is 2. The summed E-state index contributed by atoms with van der Waals surface area (Å²) in [6.45, 7) is 2.37. The molecule has 0 unspecified atom stereocenters. The monoisotopic (exact) mass is 389 g/mol. The smallest absolute Gasteiger partial charge is 0.253 e. The number of halogens is 1. The van der Waals surface area contributed by atoms with Crippen molar-refractivity contribution in [2.45, 2.75) is 30.6 Å². The van der Waals surface area contributed by atoms with Gasteiger partial charge in [-0.2, -0.15) is 4.31 Å². The molecular weight excluding hydrogens is 362 g/mol. The average Bonchev–Trinajstić information content (AvgIpc) is 2.89. The first-order valence-electron chi connectivity index (χ1n) is 8.47. The van der Waals surface area contributed by atoms with Gasteiger partial charge in [-0.1, -0.05) is 18.9 Å². The lowest BCUT2D eigenvalue weighted by atomic mass is 10.2. The largest absolute Gasteiger partial charge is 0.340 e. The van der Waals surface area contributed by atoms with Gasteiger partial charge in [0, 0.05) is 38.8 Å². The van der Waals surface area contributed by atoms with Gasteiger partial charge >= 0.3 is 0 Å². The van der Waals surface area contributed by atoms with Crippen molar-refractivity contribution in [3.05, 3.63) is 29.8 Å². The fourth-order valence-corrected chi connectivity index (χ4v) is 4.39. The van der Waals surface area contributed by atoms with E-state index in [4.69, 9.17) is 0 Å². The van der Waals surface area contributed by atoms with Crippen LogP contribution in [0.4, 0.5) is 0 Å². The third-order valence-electron chi connectivity index (χ3n) is 4.33. The van der Waals surface area contributed by atoms with Gasteiger partial charge < -0.3 is 10.2 Å². The highest BCUT2D eigenvalue weighted by Crippen LogP contribution is 2.21. The minimum Gasteiger partial charge on any atom is -0.340 e. The van der Waals surface area contributed by atoms with Gasteiger partial charge in [0.2, 0.25) is 10.0 Å². The number of sulfonamides is 1. The second kappa shape index (κ2) is 10.1. The number of benzene rings is 1. The van der Waals surface area contributed by atoms with Crippen LogP contribution in [0.5, 0.6) is 0 Å². The summed E-state index contributed by atoms with van der Waals surface area (Å²) in [5.41, 5.74) is 0.407. The van der Waals surface area contributed by atoms with Crippen molar-refractivity contribution in [2.75, 3.05) is 40.3 Å². The van der Waals surface area contributed by atoms with Crippen molar-refractivity contribution in [3.63, 3.8) is 0 Å². The molecule has 142 valence electrons. The molecule has 25 heavy (non-hydrogen) atoms. The van der Waals surface area contributed by atoms with E-state index >= 15 is 0 Å². The van der Waals surface area contributed by atoms with Crippen molar-refractivity contribution in [1.82, 2.24) is 14.5 Å². The molecule has 2 rings (SSSR count). The molecule has 0 bridgehead atoms. The molecule has 6 nitrogen and oxygen atoms in total. The Bertz CT molecular complexity index is 659. The Morgan fingerprint density at radius 3 is 2.44 bits per heavy atom. The van der Waals surface area contributed by atoms with Crippen LogP contribution in [0.25, 0.3) is 0 Å². The summed E-state index contributed by atoms with van der Waals surface area (Å²) in [7, 11) is 0.0102. The number of rotatable bonds is 6. The highest BCUT2D eigenvalue weighted by atomic mass is 35.5. The zero-order valence-electron chi connectivity index (χ0n) is 14.9. The number of carbonyl (C=O) groups excluding carboxylic acids is 1. The number of hydrogen-bond acceptors (Lipinski definition) is 4. The maximum absolute atomic E-state index is 12.8.